The van der Waals surface area contributed by atoms with Gasteiger partial charge >= 0.3 is 0 Å². The Morgan fingerprint density at radius 3 is 2.96 bits per heavy atom. The van der Waals surface area contributed by atoms with Crippen molar-refractivity contribution >= 4 is 5.91 Å². The highest BCUT2D eigenvalue weighted by Crippen LogP contribution is 2.25. The highest BCUT2D eigenvalue weighted by molar-refractivity contribution is 5.78. The molecule has 0 aromatic heterocycles. The van der Waals surface area contributed by atoms with E-state index in [1.54, 1.807) is 0 Å². The van der Waals surface area contributed by atoms with E-state index in [1.807, 2.05) is 0 Å². The number of benzene rings is 1. The number of hydrogen-bond acceptors (Lipinski definition) is 3. The molecule has 3 aliphatic rings. The molecule has 0 saturated carbocycles. The third kappa shape index (κ3) is 3.29. The zero-order chi connectivity index (χ0) is 15.6. The Morgan fingerprint density at radius 1 is 1.17 bits per heavy atom. The number of rotatable bonds is 2. The van der Waals surface area contributed by atoms with Crippen LogP contribution in [0.25, 0.3) is 0 Å². The van der Waals surface area contributed by atoms with E-state index in [2.05, 4.69) is 39.4 Å². The van der Waals surface area contributed by atoms with Crippen LogP contribution in [0.5, 0.6) is 0 Å². The fraction of sp³-hybridized carbons (Fsp3) is 0.632. The molecule has 2 atom stereocenters. The lowest BCUT2D eigenvalue weighted by Gasteiger charge is -2.42. The van der Waals surface area contributed by atoms with Gasteiger partial charge in [-0.1, -0.05) is 24.3 Å². The van der Waals surface area contributed by atoms with Gasteiger partial charge in [0.1, 0.15) is 0 Å². The molecule has 124 valence electrons. The fourth-order valence-corrected chi connectivity index (χ4v) is 4.45. The zero-order valence-electron chi connectivity index (χ0n) is 13.8. The van der Waals surface area contributed by atoms with E-state index in [9.17, 15) is 4.79 Å². The fourth-order valence-electron chi connectivity index (χ4n) is 4.45. The van der Waals surface area contributed by atoms with Gasteiger partial charge < -0.3 is 10.2 Å². The Hall–Kier alpha value is -1.39. The van der Waals surface area contributed by atoms with Crippen LogP contribution < -0.4 is 5.32 Å². The number of nitrogens with zero attached hydrogens (tertiary/aromatic N) is 2. The topological polar surface area (TPSA) is 35.6 Å². The maximum atomic E-state index is 12.7. The molecule has 1 N–H and O–H groups in total. The van der Waals surface area contributed by atoms with E-state index >= 15 is 0 Å². The minimum absolute atomic E-state index is 0.327. The third-order valence-electron chi connectivity index (χ3n) is 5.81. The molecule has 4 heteroatoms. The lowest BCUT2D eigenvalue weighted by atomic mass is 9.85. The highest BCUT2D eigenvalue weighted by atomic mass is 16.2. The molecule has 1 aromatic rings. The molecular formula is C19H27N3O. The van der Waals surface area contributed by atoms with Crippen molar-refractivity contribution in [2.75, 3.05) is 32.7 Å². The molecule has 23 heavy (non-hydrogen) atoms. The predicted octanol–water partition coefficient (Wildman–Crippen LogP) is 1.65. The molecule has 0 aliphatic carbocycles. The average Bonchev–Trinajstić information content (AvgIpc) is 2.61. The molecule has 2 fully saturated rings. The van der Waals surface area contributed by atoms with E-state index < -0.39 is 0 Å². The second-order valence-electron chi connectivity index (χ2n) is 7.32. The first-order valence-electron chi connectivity index (χ1n) is 9.10. The third-order valence-corrected chi connectivity index (χ3v) is 5.81. The summed E-state index contributed by atoms with van der Waals surface area (Å²) in [7, 11) is 0. The summed E-state index contributed by atoms with van der Waals surface area (Å²) < 4.78 is 0. The second kappa shape index (κ2) is 6.62. The molecule has 0 unspecified atom stereocenters. The Morgan fingerprint density at radius 2 is 2.04 bits per heavy atom. The molecule has 1 aromatic carbocycles. The molecule has 4 nitrogen and oxygen atoms in total. The standard InChI is InChI=1S/C19H27N3O/c23-19(22-11-8-18-17(13-22)6-3-9-20-18)14-21-10-7-15-4-1-2-5-16(15)12-21/h1-2,4-5,17-18,20H,3,6-14H2/t17-,18+/m1/s1. The Balaban J connectivity index is 1.34. The lowest BCUT2D eigenvalue weighted by Crippen LogP contribution is -2.55. The quantitative estimate of drug-likeness (QED) is 0.902. The molecule has 3 heterocycles. The van der Waals surface area contributed by atoms with Crippen molar-refractivity contribution in [3.8, 4) is 0 Å². The van der Waals surface area contributed by atoms with Crippen LogP contribution in [0.1, 0.15) is 30.4 Å². The van der Waals surface area contributed by atoms with Gasteiger partial charge in [-0.25, -0.2) is 0 Å². The summed E-state index contributed by atoms with van der Waals surface area (Å²) in [6.45, 7) is 5.55. The van der Waals surface area contributed by atoms with Crippen LogP contribution in [-0.2, 0) is 17.8 Å². The minimum Gasteiger partial charge on any atom is -0.341 e. The summed E-state index contributed by atoms with van der Waals surface area (Å²) in [4.78, 5) is 17.2. The van der Waals surface area contributed by atoms with Gasteiger partial charge in [0.2, 0.25) is 5.91 Å². The summed E-state index contributed by atoms with van der Waals surface area (Å²) in [6.07, 6.45) is 4.72. The minimum atomic E-state index is 0.327. The molecule has 1 amide bonds. The molecule has 3 aliphatic heterocycles. The normalized spacial score (nSPS) is 28.1. The van der Waals surface area contributed by atoms with Gasteiger partial charge in [0.05, 0.1) is 6.54 Å². The first kappa shape index (κ1) is 15.2. The number of carbonyl (C=O) groups excluding carboxylic acids is 1. The molecule has 0 bridgehead atoms. The van der Waals surface area contributed by atoms with E-state index in [4.69, 9.17) is 0 Å². The Labute approximate surface area is 138 Å². The molecular weight excluding hydrogens is 286 g/mol. The van der Waals surface area contributed by atoms with Gasteiger partial charge in [-0.15, -0.1) is 0 Å². The summed E-state index contributed by atoms with van der Waals surface area (Å²) >= 11 is 0. The SMILES string of the molecule is O=C(CN1CCc2ccccc2C1)N1CC[C@@H]2NCCC[C@@H]2C1. The summed E-state index contributed by atoms with van der Waals surface area (Å²) in [5.41, 5.74) is 2.84. The maximum absolute atomic E-state index is 12.7. The van der Waals surface area contributed by atoms with Gasteiger partial charge in [-0.2, -0.15) is 0 Å². The number of piperidine rings is 2. The molecule has 0 spiro atoms. The van der Waals surface area contributed by atoms with Crippen molar-refractivity contribution in [1.82, 2.24) is 15.1 Å². The van der Waals surface area contributed by atoms with E-state index in [0.717, 1.165) is 45.6 Å². The van der Waals surface area contributed by atoms with E-state index in [-0.39, 0.29) is 0 Å². The van der Waals surface area contributed by atoms with Crippen molar-refractivity contribution in [2.45, 2.75) is 38.3 Å². The highest BCUT2D eigenvalue weighted by Gasteiger charge is 2.33. The van der Waals surface area contributed by atoms with Crippen LogP contribution >= 0.6 is 0 Å². The smallest absolute Gasteiger partial charge is 0.236 e. The van der Waals surface area contributed by atoms with Crippen LogP contribution in [0.15, 0.2) is 24.3 Å². The van der Waals surface area contributed by atoms with Crippen molar-refractivity contribution in [3.63, 3.8) is 0 Å². The van der Waals surface area contributed by atoms with Crippen LogP contribution in [0.4, 0.5) is 0 Å². The lowest BCUT2D eigenvalue weighted by molar-refractivity contribution is -0.135. The summed E-state index contributed by atoms with van der Waals surface area (Å²) in [5, 5.41) is 3.62. The van der Waals surface area contributed by atoms with Crippen molar-refractivity contribution in [1.29, 1.82) is 0 Å². The largest absolute Gasteiger partial charge is 0.341 e. The average molecular weight is 313 g/mol. The van der Waals surface area contributed by atoms with E-state index in [0.29, 0.717) is 24.4 Å². The van der Waals surface area contributed by atoms with Crippen LogP contribution in [0.2, 0.25) is 0 Å². The van der Waals surface area contributed by atoms with Crippen LogP contribution in [0, 0.1) is 5.92 Å². The summed E-state index contributed by atoms with van der Waals surface area (Å²) in [5.74, 6) is 0.997. The first-order chi connectivity index (χ1) is 11.3. The number of fused-ring (bicyclic) bond motifs is 2. The number of likely N-dealkylation sites (tertiary alicyclic amines) is 1. The molecule has 4 rings (SSSR count). The van der Waals surface area contributed by atoms with Gasteiger partial charge in [-0.3, -0.25) is 9.69 Å². The summed E-state index contributed by atoms with van der Waals surface area (Å²) in [6, 6.07) is 9.28. The Bertz CT molecular complexity index is 573. The van der Waals surface area contributed by atoms with Gasteiger partial charge in [-0.05, 0) is 49.3 Å². The second-order valence-corrected chi connectivity index (χ2v) is 7.32. The molecule has 0 radical (unpaired) electrons. The van der Waals surface area contributed by atoms with Gasteiger partial charge in [0, 0.05) is 32.2 Å². The van der Waals surface area contributed by atoms with Gasteiger partial charge in [0.25, 0.3) is 0 Å². The molecule has 2 saturated heterocycles. The van der Waals surface area contributed by atoms with Crippen molar-refractivity contribution in [2.24, 2.45) is 5.92 Å². The number of nitrogens with one attached hydrogen (secondary N) is 1. The first-order valence-corrected chi connectivity index (χ1v) is 9.10. The number of carbonyl (C=O) groups is 1. The van der Waals surface area contributed by atoms with Crippen LogP contribution in [0.3, 0.4) is 0 Å². The maximum Gasteiger partial charge on any atom is 0.236 e. The Kier molecular flexibility index (Phi) is 4.36. The number of amides is 1. The monoisotopic (exact) mass is 313 g/mol. The zero-order valence-corrected chi connectivity index (χ0v) is 13.8. The van der Waals surface area contributed by atoms with E-state index in [1.165, 1.54) is 24.0 Å². The predicted molar refractivity (Wildman–Crippen MR) is 91.1 cm³/mol. The van der Waals surface area contributed by atoms with Crippen LogP contribution in [-0.4, -0.2) is 54.5 Å². The van der Waals surface area contributed by atoms with Gasteiger partial charge in [0.15, 0.2) is 0 Å². The van der Waals surface area contributed by atoms with Crippen molar-refractivity contribution < 1.29 is 4.79 Å². The van der Waals surface area contributed by atoms with Crippen molar-refractivity contribution in [3.05, 3.63) is 35.4 Å². The number of hydrogen-bond donors (Lipinski definition) is 1.